The number of hydrogen-bond donors (Lipinski definition) is 0. The Kier molecular flexibility index (Phi) is 4.28. The molecule has 0 fully saturated rings. The average Bonchev–Trinajstić information content (AvgIpc) is 2.57. The van der Waals surface area contributed by atoms with Gasteiger partial charge in [-0.1, -0.05) is 30.3 Å². The lowest BCUT2D eigenvalue weighted by Crippen LogP contribution is -2.09. The van der Waals surface area contributed by atoms with Crippen LogP contribution in [0.15, 0.2) is 54.6 Å². The molecule has 0 N–H and O–H groups in total. The molecule has 2 aromatic carbocycles. The number of hydrogen-bond acceptors (Lipinski definition) is 3. The van der Waals surface area contributed by atoms with Gasteiger partial charge in [-0.3, -0.25) is 4.79 Å². The number of fused-ring (bicyclic) bond motifs is 1. The number of Topliss-reactive ketones (excluding diaryl/α,β-unsaturated/α-hetero) is 1. The second-order valence-corrected chi connectivity index (χ2v) is 4.96. The Bertz CT molecular complexity index is 844. The lowest BCUT2D eigenvalue weighted by Gasteiger charge is -2.07. The van der Waals surface area contributed by atoms with E-state index in [2.05, 4.69) is 4.98 Å². The minimum Gasteiger partial charge on any atom is -0.487 e. The number of para-hydroxylation sites is 2. The summed E-state index contributed by atoms with van der Waals surface area (Å²) in [6.07, 6.45) is -0.0148. The minimum absolute atomic E-state index is 0.0148. The van der Waals surface area contributed by atoms with Crippen molar-refractivity contribution in [3.8, 4) is 5.75 Å². The maximum Gasteiger partial charge on any atom is 0.190 e. The Morgan fingerprint density at radius 2 is 1.70 bits per heavy atom. The molecule has 0 saturated carbocycles. The molecule has 0 bridgehead atoms. The van der Waals surface area contributed by atoms with E-state index in [1.807, 2.05) is 30.3 Å². The monoisotopic (exact) mass is 313 g/mol. The summed E-state index contributed by atoms with van der Waals surface area (Å²) >= 11 is 0. The van der Waals surface area contributed by atoms with Crippen molar-refractivity contribution in [2.75, 3.05) is 6.61 Å². The molecule has 3 aromatic rings. The van der Waals surface area contributed by atoms with Crippen molar-refractivity contribution in [1.29, 1.82) is 0 Å². The molecule has 0 amide bonds. The molecular formula is C18H13F2NO2. The zero-order valence-electron chi connectivity index (χ0n) is 12.1. The van der Waals surface area contributed by atoms with E-state index in [0.29, 0.717) is 5.69 Å². The quantitative estimate of drug-likeness (QED) is 0.664. The van der Waals surface area contributed by atoms with Crippen LogP contribution in [0.25, 0.3) is 10.9 Å². The van der Waals surface area contributed by atoms with E-state index in [9.17, 15) is 13.6 Å². The summed E-state index contributed by atoms with van der Waals surface area (Å²) in [5.74, 6) is -2.29. The number of rotatable bonds is 5. The summed E-state index contributed by atoms with van der Waals surface area (Å²) in [6.45, 7) is -0.120. The topological polar surface area (TPSA) is 39.2 Å². The fraction of sp³-hybridized carbons (Fsp3) is 0.111. The standard InChI is InChI=1S/C18H13F2NO2/c19-13-5-3-6-14(20)18(13)23-11-10-17(22)16-9-8-12-4-1-2-7-15(12)21-16/h1-9H,10-11H2. The van der Waals surface area contributed by atoms with Gasteiger partial charge in [0, 0.05) is 11.8 Å². The molecule has 0 aliphatic carbocycles. The van der Waals surface area contributed by atoms with Crippen LogP contribution in [0.2, 0.25) is 0 Å². The largest absolute Gasteiger partial charge is 0.487 e. The van der Waals surface area contributed by atoms with E-state index >= 15 is 0 Å². The highest BCUT2D eigenvalue weighted by Crippen LogP contribution is 2.21. The van der Waals surface area contributed by atoms with Gasteiger partial charge < -0.3 is 4.74 Å². The lowest BCUT2D eigenvalue weighted by molar-refractivity contribution is 0.0955. The van der Waals surface area contributed by atoms with E-state index in [0.717, 1.165) is 23.0 Å². The molecule has 3 nitrogen and oxygen atoms in total. The van der Waals surface area contributed by atoms with Crippen molar-refractivity contribution in [2.24, 2.45) is 0 Å². The first-order valence-corrected chi connectivity index (χ1v) is 7.11. The number of nitrogens with zero attached hydrogens (tertiary/aromatic N) is 1. The highest BCUT2D eigenvalue weighted by atomic mass is 19.1. The van der Waals surface area contributed by atoms with E-state index in [1.54, 1.807) is 6.07 Å². The van der Waals surface area contributed by atoms with Crippen LogP contribution in [0.1, 0.15) is 16.9 Å². The molecule has 0 aliphatic heterocycles. The van der Waals surface area contributed by atoms with Gasteiger partial charge >= 0.3 is 0 Å². The molecule has 3 rings (SSSR count). The lowest BCUT2D eigenvalue weighted by atomic mass is 10.1. The van der Waals surface area contributed by atoms with E-state index in [4.69, 9.17) is 4.74 Å². The highest BCUT2D eigenvalue weighted by Gasteiger charge is 2.12. The summed E-state index contributed by atoms with van der Waals surface area (Å²) in [4.78, 5) is 16.4. The minimum atomic E-state index is -0.790. The molecule has 0 unspecified atom stereocenters. The molecule has 0 saturated heterocycles. The summed E-state index contributed by atoms with van der Waals surface area (Å²) in [7, 11) is 0. The fourth-order valence-electron chi connectivity index (χ4n) is 2.22. The van der Waals surface area contributed by atoms with Crippen molar-refractivity contribution in [2.45, 2.75) is 6.42 Å². The van der Waals surface area contributed by atoms with Crippen LogP contribution < -0.4 is 4.74 Å². The average molecular weight is 313 g/mol. The summed E-state index contributed by atoms with van der Waals surface area (Å²) in [5, 5.41) is 0.939. The molecule has 5 heteroatoms. The van der Waals surface area contributed by atoms with E-state index in [-0.39, 0.29) is 18.8 Å². The third-order valence-corrected chi connectivity index (χ3v) is 3.38. The number of pyridine rings is 1. The van der Waals surface area contributed by atoms with Crippen molar-refractivity contribution in [3.05, 3.63) is 71.9 Å². The maximum absolute atomic E-state index is 13.4. The van der Waals surface area contributed by atoms with Gasteiger partial charge in [-0.2, -0.15) is 0 Å². The van der Waals surface area contributed by atoms with Gasteiger partial charge in [0.05, 0.1) is 12.1 Å². The summed E-state index contributed by atoms with van der Waals surface area (Å²) in [5.41, 5.74) is 1.03. The van der Waals surface area contributed by atoms with Gasteiger partial charge in [0.1, 0.15) is 5.69 Å². The Balaban J connectivity index is 1.67. The SMILES string of the molecule is O=C(CCOc1c(F)cccc1F)c1ccc2ccccc2n1. The van der Waals surface area contributed by atoms with Gasteiger partial charge in [-0.25, -0.2) is 13.8 Å². The van der Waals surface area contributed by atoms with Crippen LogP contribution in [-0.2, 0) is 0 Å². The van der Waals surface area contributed by atoms with Crippen LogP contribution in [0.4, 0.5) is 8.78 Å². The Morgan fingerprint density at radius 3 is 2.48 bits per heavy atom. The number of ether oxygens (including phenoxy) is 1. The third kappa shape index (κ3) is 3.34. The predicted molar refractivity (Wildman–Crippen MR) is 82.5 cm³/mol. The molecule has 1 aromatic heterocycles. The first kappa shape index (κ1) is 15.1. The molecular weight excluding hydrogens is 300 g/mol. The number of benzene rings is 2. The van der Waals surface area contributed by atoms with Crippen LogP contribution in [0.3, 0.4) is 0 Å². The maximum atomic E-state index is 13.4. The normalized spacial score (nSPS) is 10.7. The van der Waals surface area contributed by atoms with Gasteiger partial charge in [0.15, 0.2) is 23.2 Å². The van der Waals surface area contributed by atoms with Gasteiger partial charge in [0.25, 0.3) is 0 Å². The Morgan fingerprint density at radius 1 is 0.957 bits per heavy atom. The van der Waals surface area contributed by atoms with Gasteiger partial charge in [-0.05, 0) is 24.3 Å². The second kappa shape index (κ2) is 6.52. The van der Waals surface area contributed by atoms with Gasteiger partial charge in [-0.15, -0.1) is 0 Å². The summed E-state index contributed by atoms with van der Waals surface area (Å²) < 4.78 is 31.9. The molecule has 0 spiro atoms. The first-order valence-electron chi connectivity index (χ1n) is 7.11. The Hall–Kier alpha value is -2.82. The smallest absolute Gasteiger partial charge is 0.190 e. The molecule has 116 valence electrons. The number of halogens is 2. The van der Waals surface area contributed by atoms with Crippen LogP contribution in [0.5, 0.6) is 5.75 Å². The van der Waals surface area contributed by atoms with Gasteiger partial charge in [0.2, 0.25) is 0 Å². The molecule has 0 atom stereocenters. The predicted octanol–water partition coefficient (Wildman–Crippen LogP) is 4.16. The summed E-state index contributed by atoms with van der Waals surface area (Å²) in [6, 6.07) is 14.4. The van der Waals surface area contributed by atoms with Crippen LogP contribution in [0, 0.1) is 11.6 Å². The number of carbonyl (C=O) groups is 1. The van der Waals surface area contributed by atoms with E-state index in [1.165, 1.54) is 6.07 Å². The molecule has 23 heavy (non-hydrogen) atoms. The number of ketones is 1. The third-order valence-electron chi connectivity index (χ3n) is 3.38. The van der Waals surface area contributed by atoms with Crippen molar-refractivity contribution in [3.63, 3.8) is 0 Å². The second-order valence-electron chi connectivity index (χ2n) is 4.96. The van der Waals surface area contributed by atoms with Crippen molar-refractivity contribution < 1.29 is 18.3 Å². The highest BCUT2D eigenvalue weighted by molar-refractivity contribution is 5.96. The number of carbonyl (C=O) groups excluding carboxylic acids is 1. The molecule has 0 radical (unpaired) electrons. The van der Waals surface area contributed by atoms with Crippen molar-refractivity contribution >= 4 is 16.7 Å². The Labute approximate surface area is 131 Å². The first-order chi connectivity index (χ1) is 11.1. The zero-order valence-corrected chi connectivity index (χ0v) is 12.1. The van der Waals surface area contributed by atoms with E-state index < -0.39 is 17.4 Å². The number of aromatic nitrogens is 1. The van der Waals surface area contributed by atoms with Crippen molar-refractivity contribution in [1.82, 2.24) is 4.98 Å². The van der Waals surface area contributed by atoms with Crippen LogP contribution in [-0.4, -0.2) is 17.4 Å². The molecule has 1 heterocycles. The fourth-order valence-corrected chi connectivity index (χ4v) is 2.22. The molecule has 0 aliphatic rings. The zero-order chi connectivity index (χ0) is 16.2. The van der Waals surface area contributed by atoms with Crippen LogP contribution >= 0.6 is 0 Å².